The van der Waals surface area contributed by atoms with E-state index in [4.69, 9.17) is 34.4 Å². The summed E-state index contributed by atoms with van der Waals surface area (Å²) in [6.45, 7) is 9.27. The Morgan fingerprint density at radius 2 is 0.837 bits per heavy atom. The number of likely N-dealkylation sites (tertiary alicyclic amines) is 4. The SMILES string of the molecule is CC[C@H](C)[C@H](NC(=O)[C@@H]1CCCN1C(=O)[C@@H](NC(=O)[C@@H]1CCCN1C(=O)[C@H](CCCCN)NC(=O)[C@H](CCCCN)NC(=O)[C@H](CCCCN)NC(=O)[C@@H]1CCCN1C(=O)[C@@H](N)CCSC)[C@@H](C)O)C(=O)N[C@@H](CCC(N)=O)C(=O)N[C@@H](CC(C)C)C(=O)N[C@@H](CC(N)=O)C(=O)N1CCC[C@H]1C(=O)O. The molecule has 0 unspecified atom stereocenters. The molecule has 14 amide bonds. The molecule has 4 saturated heterocycles. The summed E-state index contributed by atoms with van der Waals surface area (Å²) in [4.78, 5) is 213. The van der Waals surface area contributed by atoms with Crippen molar-refractivity contribution in [1.29, 1.82) is 0 Å². The van der Waals surface area contributed by atoms with Crippen molar-refractivity contribution in [2.24, 2.45) is 46.2 Å². The molecule has 36 heteroatoms. The van der Waals surface area contributed by atoms with Crippen LogP contribution in [0.2, 0.25) is 0 Å². The van der Waals surface area contributed by atoms with Gasteiger partial charge < -0.3 is 107 Å². The minimum Gasteiger partial charge on any atom is -0.480 e. The van der Waals surface area contributed by atoms with Crippen molar-refractivity contribution in [2.45, 2.75) is 267 Å². The third-order valence-corrected chi connectivity index (χ3v) is 20.2. The summed E-state index contributed by atoms with van der Waals surface area (Å²) in [5.41, 5.74) is 34.7. The van der Waals surface area contributed by atoms with Gasteiger partial charge in [0, 0.05) is 32.6 Å². The first-order valence-corrected chi connectivity index (χ1v) is 38.2. The molecule has 588 valence electrons. The Kier molecular flexibility index (Phi) is 38.2. The van der Waals surface area contributed by atoms with Crippen molar-refractivity contribution in [3.05, 3.63) is 0 Å². The summed E-state index contributed by atoms with van der Waals surface area (Å²) in [6, 6.07) is -16.7. The Hall–Kier alpha value is -7.80. The highest BCUT2D eigenvalue weighted by molar-refractivity contribution is 7.98. The number of amides is 14. The summed E-state index contributed by atoms with van der Waals surface area (Å²) in [5.74, 6) is -12.6. The van der Waals surface area contributed by atoms with Gasteiger partial charge in [0.15, 0.2) is 0 Å². The van der Waals surface area contributed by atoms with Gasteiger partial charge in [-0.25, -0.2) is 4.79 Å². The van der Waals surface area contributed by atoms with Crippen LogP contribution in [0.25, 0.3) is 0 Å². The number of carboxylic acids is 1. The van der Waals surface area contributed by atoms with Crippen molar-refractivity contribution >= 4 is 100 Å². The summed E-state index contributed by atoms with van der Waals surface area (Å²) in [7, 11) is 0. The number of rotatable bonds is 46. The smallest absolute Gasteiger partial charge is 0.326 e. The maximum absolute atomic E-state index is 14.9. The Morgan fingerprint density at radius 3 is 1.29 bits per heavy atom. The molecule has 15 atom stereocenters. The monoisotopic (exact) mass is 1490 g/mol. The third-order valence-electron chi connectivity index (χ3n) is 19.5. The first kappa shape index (κ1) is 88.6. The zero-order chi connectivity index (χ0) is 77.5. The van der Waals surface area contributed by atoms with E-state index in [0.717, 1.165) is 9.80 Å². The fourth-order valence-corrected chi connectivity index (χ4v) is 14.0. The lowest BCUT2D eigenvalue weighted by Crippen LogP contribution is -2.62. The van der Waals surface area contributed by atoms with Crippen LogP contribution in [-0.2, 0) is 71.9 Å². The van der Waals surface area contributed by atoms with Crippen LogP contribution >= 0.6 is 11.8 Å². The number of carbonyl (C=O) groups excluding carboxylic acids is 14. The molecule has 4 aliphatic heterocycles. The van der Waals surface area contributed by atoms with Crippen LogP contribution in [0.15, 0.2) is 0 Å². The zero-order valence-corrected chi connectivity index (χ0v) is 62.2. The number of nitrogens with two attached hydrogens (primary N) is 6. The number of primary amides is 2. The van der Waals surface area contributed by atoms with E-state index in [2.05, 4.69) is 42.5 Å². The van der Waals surface area contributed by atoms with E-state index in [0.29, 0.717) is 89.5 Å². The van der Waals surface area contributed by atoms with Crippen LogP contribution in [0, 0.1) is 11.8 Å². The standard InChI is InChI=1S/C68H118N18O17S/c1-7-39(4)54(63(97)77-44(25-26-52(73)88)58(92)79-46(36-38(2)3)59(93)80-47(37-53(74)89)66(100)86-34-17-24-51(86)68(102)103)81-61(95)50-23-16-33-85(50)67(101)55(40(5)87)82-62(96)49-22-15-32-84(49)65(99)45(20-10-13-30-71)78-57(91)42(18-8-11-28-69)75-56(90)43(19-9-12-29-70)76-60(94)48-21-14-31-83(48)64(98)41(72)27-35-104-6/h38-51,54-55,87H,7-37,69-72H2,1-6H3,(H2,73,88)(H2,74,89)(H,75,90)(H,76,94)(H,77,97)(H,78,91)(H,79,92)(H,80,93)(H,81,95)(H,82,96)(H,102,103)/t39-,40+,41-,42-,43-,44-,45-,46-,47-,48-,49-,50-,51-,54-,55-/m0/s1. The van der Waals surface area contributed by atoms with Crippen LogP contribution < -0.4 is 76.9 Å². The topological polar surface area (TPSA) is 562 Å². The molecule has 4 heterocycles. The number of carbonyl (C=O) groups is 15. The Labute approximate surface area is 613 Å². The fourth-order valence-electron chi connectivity index (χ4n) is 13.5. The van der Waals surface area contributed by atoms with E-state index in [1.54, 1.807) is 39.5 Å². The lowest BCUT2D eigenvalue weighted by atomic mass is 9.96. The van der Waals surface area contributed by atoms with Crippen molar-refractivity contribution in [2.75, 3.05) is 57.8 Å². The molecule has 4 fully saturated rings. The third kappa shape index (κ3) is 27.0. The fraction of sp³-hybridized carbons (Fsp3) is 0.779. The van der Waals surface area contributed by atoms with Gasteiger partial charge in [0.2, 0.25) is 82.7 Å². The minimum absolute atomic E-state index is 0.0274. The predicted molar refractivity (Wildman–Crippen MR) is 385 cm³/mol. The molecular weight excluding hydrogens is 1370 g/mol. The summed E-state index contributed by atoms with van der Waals surface area (Å²) in [5, 5.41) is 42.4. The quantitative estimate of drug-likeness (QED) is 0.0258. The molecule has 4 rings (SSSR count). The highest BCUT2D eigenvalue weighted by Gasteiger charge is 2.46. The molecule has 0 saturated carbocycles. The van der Waals surface area contributed by atoms with E-state index in [9.17, 15) is 82.1 Å². The second-order valence-electron chi connectivity index (χ2n) is 28.1. The zero-order valence-electron chi connectivity index (χ0n) is 61.3. The molecular formula is C68H118N18O17S. The van der Waals surface area contributed by atoms with Gasteiger partial charge >= 0.3 is 5.97 Å². The number of aliphatic hydroxyl groups is 1. The molecule has 0 radical (unpaired) electrons. The normalized spacial score (nSPS) is 20.5. The van der Waals surface area contributed by atoms with Crippen molar-refractivity contribution in [1.82, 2.24) is 62.1 Å². The van der Waals surface area contributed by atoms with Gasteiger partial charge in [0.1, 0.15) is 72.5 Å². The first-order chi connectivity index (χ1) is 49.3. The van der Waals surface area contributed by atoms with Crippen molar-refractivity contribution in [3.63, 3.8) is 0 Å². The molecule has 0 aromatic heterocycles. The van der Waals surface area contributed by atoms with E-state index < -0.39 is 193 Å². The molecule has 22 N–H and O–H groups in total. The van der Waals surface area contributed by atoms with Gasteiger partial charge in [-0.15, -0.1) is 0 Å². The summed E-state index contributed by atoms with van der Waals surface area (Å²) in [6.07, 6.45) is 4.49. The number of thioether (sulfide) groups is 1. The second kappa shape index (κ2) is 44.9. The highest BCUT2D eigenvalue weighted by Crippen LogP contribution is 2.26. The average molecular weight is 1490 g/mol. The predicted octanol–water partition coefficient (Wildman–Crippen LogP) is -4.01. The maximum atomic E-state index is 14.9. The maximum Gasteiger partial charge on any atom is 0.326 e. The number of unbranched alkanes of at least 4 members (excludes halogenated alkanes) is 3. The Balaban J connectivity index is 1.52. The lowest BCUT2D eigenvalue weighted by molar-refractivity contribution is -0.149. The van der Waals surface area contributed by atoms with Gasteiger partial charge in [-0.1, -0.05) is 34.1 Å². The van der Waals surface area contributed by atoms with Gasteiger partial charge in [0.05, 0.1) is 18.6 Å². The van der Waals surface area contributed by atoms with Gasteiger partial charge in [-0.05, 0) is 179 Å². The largest absolute Gasteiger partial charge is 0.480 e. The van der Waals surface area contributed by atoms with Crippen molar-refractivity contribution in [3.8, 4) is 0 Å². The van der Waals surface area contributed by atoms with E-state index in [-0.39, 0.29) is 102 Å². The highest BCUT2D eigenvalue weighted by atomic mass is 32.2. The molecule has 0 aliphatic carbocycles. The van der Waals surface area contributed by atoms with E-state index >= 15 is 0 Å². The van der Waals surface area contributed by atoms with Crippen LogP contribution in [-0.4, -0.2) is 261 Å². The number of aliphatic carboxylic acids is 1. The molecule has 104 heavy (non-hydrogen) atoms. The number of nitrogens with zero attached hydrogens (tertiary/aromatic N) is 4. The Morgan fingerprint density at radius 1 is 0.452 bits per heavy atom. The minimum atomic E-state index is -1.67. The van der Waals surface area contributed by atoms with Gasteiger partial charge in [-0.3, -0.25) is 67.1 Å². The molecule has 35 nitrogen and oxygen atoms in total. The van der Waals surface area contributed by atoms with Gasteiger partial charge in [0.25, 0.3) is 0 Å². The number of hydrogen-bond donors (Lipinski definition) is 16. The Bertz CT molecular complexity index is 2950. The van der Waals surface area contributed by atoms with Crippen molar-refractivity contribution < 1.29 is 82.1 Å². The average Bonchev–Trinajstić information content (AvgIpc) is 1.61. The first-order valence-electron chi connectivity index (χ1n) is 36.8. The summed E-state index contributed by atoms with van der Waals surface area (Å²) >= 11 is 1.54. The van der Waals surface area contributed by atoms with Crippen LogP contribution in [0.4, 0.5) is 0 Å². The van der Waals surface area contributed by atoms with Crippen LogP contribution in [0.3, 0.4) is 0 Å². The summed E-state index contributed by atoms with van der Waals surface area (Å²) < 4.78 is 0. The number of carboxylic acid groups (broad SMARTS) is 1. The molecule has 0 aromatic carbocycles. The number of aliphatic hydroxyl groups excluding tert-OH is 1. The van der Waals surface area contributed by atoms with Gasteiger partial charge in [-0.2, -0.15) is 11.8 Å². The molecule has 0 aromatic rings. The van der Waals surface area contributed by atoms with Crippen LogP contribution in [0.5, 0.6) is 0 Å². The number of hydrogen-bond acceptors (Lipinski definition) is 21. The number of nitrogens with one attached hydrogen (secondary N) is 8. The van der Waals surface area contributed by atoms with E-state index in [1.165, 1.54) is 16.7 Å². The molecule has 4 aliphatic rings. The molecule has 0 bridgehead atoms. The van der Waals surface area contributed by atoms with E-state index in [1.807, 2.05) is 6.26 Å². The lowest BCUT2D eigenvalue weighted by Gasteiger charge is -2.33. The molecule has 0 spiro atoms. The van der Waals surface area contributed by atoms with Crippen LogP contribution in [0.1, 0.15) is 182 Å². The second-order valence-corrected chi connectivity index (χ2v) is 29.1.